The Morgan fingerprint density at radius 3 is 3.20 bits per heavy atom. The second-order valence-corrected chi connectivity index (χ2v) is 2.35. The number of nitrogens with one attached hydrogen (secondary N) is 1. The van der Waals surface area contributed by atoms with Crippen LogP contribution in [-0.4, -0.2) is 15.6 Å². The van der Waals surface area contributed by atoms with E-state index < -0.39 is 6.09 Å². The SMILES string of the molecule is O=C(O)NCc1cnsc1. The normalized spacial score (nSPS) is 9.20. The molecule has 0 atom stereocenters. The van der Waals surface area contributed by atoms with E-state index in [-0.39, 0.29) is 0 Å². The Hall–Kier alpha value is -1.10. The molecule has 0 aromatic carbocycles. The monoisotopic (exact) mass is 158 g/mol. The molecular weight excluding hydrogens is 152 g/mol. The van der Waals surface area contributed by atoms with Gasteiger partial charge in [0.2, 0.25) is 0 Å². The molecular formula is C5H6N2O2S. The molecule has 5 heteroatoms. The molecule has 54 valence electrons. The van der Waals surface area contributed by atoms with Gasteiger partial charge in [0, 0.05) is 23.7 Å². The second-order valence-electron chi connectivity index (χ2n) is 1.69. The minimum absolute atomic E-state index is 0.339. The average Bonchev–Trinajstić information content (AvgIpc) is 2.34. The van der Waals surface area contributed by atoms with Gasteiger partial charge in [-0.15, -0.1) is 0 Å². The molecule has 0 saturated carbocycles. The van der Waals surface area contributed by atoms with E-state index in [1.165, 1.54) is 11.5 Å². The lowest BCUT2D eigenvalue weighted by molar-refractivity contribution is 0.194. The number of carboxylic acid groups (broad SMARTS) is 1. The van der Waals surface area contributed by atoms with Crippen molar-refractivity contribution in [2.45, 2.75) is 6.54 Å². The number of aromatic nitrogens is 1. The van der Waals surface area contributed by atoms with Gasteiger partial charge >= 0.3 is 6.09 Å². The van der Waals surface area contributed by atoms with E-state index in [9.17, 15) is 4.79 Å². The fourth-order valence-electron chi connectivity index (χ4n) is 0.492. The summed E-state index contributed by atoms with van der Waals surface area (Å²) in [5, 5.41) is 12.2. The van der Waals surface area contributed by atoms with Crippen LogP contribution in [-0.2, 0) is 6.54 Å². The first-order valence-corrected chi connectivity index (χ1v) is 3.48. The molecule has 0 aliphatic heterocycles. The number of amides is 1. The second kappa shape index (κ2) is 3.17. The Balaban J connectivity index is 2.35. The van der Waals surface area contributed by atoms with Crippen LogP contribution in [0, 0.1) is 0 Å². The third kappa shape index (κ3) is 2.02. The third-order valence-corrected chi connectivity index (χ3v) is 1.56. The van der Waals surface area contributed by atoms with Gasteiger partial charge in [0.05, 0.1) is 0 Å². The van der Waals surface area contributed by atoms with Crippen molar-refractivity contribution in [2.75, 3.05) is 0 Å². The minimum Gasteiger partial charge on any atom is -0.465 e. The summed E-state index contributed by atoms with van der Waals surface area (Å²) in [5.74, 6) is 0. The predicted molar refractivity (Wildman–Crippen MR) is 37.0 cm³/mol. The van der Waals surface area contributed by atoms with Crippen molar-refractivity contribution in [1.82, 2.24) is 9.69 Å². The summed E-state index contributed by atoms with van der Waals surface area (Å²) in [6, 6.07) is 0. The summed E-state index contributed by atoms with van der Waals surface area (Å²) in [7, 11) is 0. The standard InChI is InChI=1S/C5H6N2O2S/c8-5(9)6-1-4-2-7-10-3-4/h2-3,6H,1H2,(H,8,9). The Bertz CT molecular complexity index is 209. The van der Waals surface area contributed by atoms with Crippen molar-refractivity contribution in [2.24, 2.45) is 0 Å². The zero-order valence-electron chi connectivity index (χ0n) is 5.07. The molecule has 0 aliphatic rings. The van der Waals surface area contributed by atoms with Crippen LogP contribution in [0.1, 0.15) is 5.56 Å². The van der Waals surface area contributed by atoms with Crippen LogP contribution in [0.15, 0.2) is 11.6 Å². The summed E-state index contributed by atoms with van der Waals surface area (Å²) in [6.45, 7) is 0.339. The molecule has 1 amide bonds. The number of hydrogen-bond acceptors (Lipinski definition) is 3. The van der Waals surface area contributed by atoms with Crippen molar-refractivity contribution in [3.8, 4) is 0 Å². The fraction of sp³-hybridized carbons (Fsp3) is 0.200. The highest BCUT2D eigenvalue weighted by Crippen LogP contribution is 1.99. The Morgan fingerprint density at radius 2 is 2.70 bits per heavy atom. The van der Waals surface area contributed by atoms with Gasteiger partial charge < -0.3 is 10.4 Å². The van der Waals surface area contributed by atoms with Crippen LogP contribution in [0.2, 0.25) is 0 Å². The van der Waals surface area contributed by atoms with Gasteiger partial charge in [0.1, 0.15) is 0 Å². The van der Waals surface area contributed by atoms with Crippen molar-refractivity contribution in [1.29, 1.82) is 0 Å². The van der Waals surface area contributed by atoms with E-state index in [1.807, 2.05) is 0 Å². The van der Waals surface area contributed by atoms with Gasteiger partial charge in [0.25, 0.3) is 0 Å². The van der Waals surface area contributed by atoms with Gasteiger partial charge in [0.15, 0.2) is 0 Å². The maximum Gasteiger partial charge on any atom is 0.404 e. The van der Waals surface area contributed by atoms with Crippen LogP contribution in [0.5, 0.6) is 0 Å². The lowest BCUT2D eigenvalue weighted by Crippen LogP contribution is -2.19. The molecule has 10 heavy (non-hydrogen) atoms. The number of rotatable bonds is 2. The summed E-state index contributed by atoms with van der Waals surface area (Å²) in [4.78, 5) is 9.97. The molecule has 0 saturated heterocycles. The van der Waals surface area contributed by atoms with Gasteiger partial charge in [-0.2, -0.15) is 0 Å². The molecule has 1 rings (SSSR count). The molecule has 0 spiro atoms. The molecule has 1 aromatic heterocycles. The van der Waals surface area contributed by atoms with E-state index in [4.69, 9.17) is 5.11 Å². The van der Waals surface area contributed by atoms with Crippen LogP contribution in [0.3, 0.4) is 0 Å². The van der Waals surface area contributed by atoms with Crippen molar-refractivity contribution in [3.05, 3.63) is 17.1 Å². The topological polar surface area (TPSA) is 62.2 Å². The summed E-state index contributed by atoms with van der Waals surface area (Å²) in [6.07, 6.45) is 0.631. The van der Waals surface area contributed by atoms with Gasteiger partial charge in [-0.1, -0.05) is 0 Å². The molecule has 2 N–H and O–H groups in total. The molecule has 0 aliphatic carbocycles. The molecule has 0 unspecified atom stereocenters. The van der Waals surface area contributed by atoms with Crippen molar-refractivity contribution in [3.63, 3.8) is 0 Å². The summed E-state index contributed by atoms with van der Waals surface area (Å²) < 4.78 is 3.81. The van der Waals surface area contributed by atoms with Crippen molar-refractivity contribution >= 4 is 17.6 Å². The quantitative estimate of drug-likeness (QED) is 0.672. The highest BCUT2D eigenvalue weighted by atomic mass is 32.1. The lowest BCUT2D eigenvalue weighted by Gasteiger charge is -1.94. The van der Waals surface area contributed by atoms with E-state index >= 15 is 0 Å². The van der Waals surface area contributed by atoms with E-state index in [2.05, 4.69) is 9.69 Å². The highest BCUT2D eigenvalue weighted by Gasteiger charge is 1.95. The zero-order valence-corrected chi connectivity index (χ0v) is 5.89. The highest BCUT2D eigenvalue weighted by molar-refractivity contribution is 7.03. The largest absolute Gasteiger partial charge is 0.465 e. The molecule has 4 nitrogen and oxygen atoms in total. The Kier molecular flexibility index (Phi) is 2.22. The Labute approximate surface area is 61.7 Å². The molecule has 0 radical (unpaired) electrons. The van der Waals surface area contributed by atoms with Gasteiger partial charge in [-0.05, 0) is 11.5 Å². The van der Waals surface area contributed by atoms with E-state index in [0.29, 0.717) is 6.54 Å². The van der Waals surface area contributed by atoms with Gasteiger partial charge in [-0.25, -0.2) is 9.17 Å². The van der Waals surface area contributed by atoms with E-state index in [0.717, 1.165) is 5.56 Å². The maximum absolute atomic E-state index is 9.97. The molecule has 0 bridgehead atoms. The van der Waals surface area contributed by atoms with Crippen LogP contribution in [0.25, 0.3) is 0 Å². The minimum atomic E-state index is -1.01. The molecule has 0 fully saturated rings. The smallest absolute Gasteiger partial charge is 0.404 e. The first-order chi connectivity index (χ1) is 4.79. The number of hydrogen-bond donors (Lipinski definition) is 2. The maximum atomic E-state index is 9.97. The lowest BCUT2D eigenvalue weighted by atomic mass is 10.4. The van der Waals surface area contributed by atoms with Crippen molar-refractivity contribution < 1.29 is 9.90 Å². The van der Waals surface area contributed by atoms with E-state index in [1.54, 1.807) is 11.6 Å². The Morgan fingerprint density at radius 1 is 1.90 bits per heavy atom. The molecule has 1 heterocycles. The first kappa shape index (κ1) is 7.01. The summed E-state index contributed by atoms with van der Waals surface area (Å²) in [5.41, 5.74) is 0.896. The number of carbonyl (C=O) groups is 1. The van der Waals surface area contributed by atoms with Crippen LogP contribution >= 0.6 is 11.5 Å². The summed E-state index contributed by atoms with van der Waals surface area (Å²) >= 11 is 1.31. The predicted octanol–water partition coefficient (Wildman–Crippen LogP) is 0.911. The van der Waals surface area contributed by atoms with Crippen LogP contribution < -0.4 is 5.32 Å². The molecule has 1 aromatic rings. The fourth-order valence-corrected chi connectivity index (χ4v) is 1.03. The number of nitrogens with zero attached hydrogens (tertiary/aromatic N) is 1. The third-order valence-electron chi connectivity index (χ3n) is 0.927. The average molecular weight is 158 g/mol. The van der Waals surface area contributed by atoms with Crippen LogP contribution in [0.4, 0.5) is 4.79 Å². The first-order valence-electron chi connectivity index (χ1n) is 2.64. The van der Waals surface area contributed by atoms with Gasteiger partial charge in [-0.3, -0.25) is 0 Å². The zero-order chi connectivity index (χ0) is 7.40.